The summed E-state index contributed by atoms with van der Waals surface area (Å²) in [6, 6.07) is 2.12. The Morgan fingerprint density at radius 1 is 1.42 bits per heavy atom. The van der Waals surface area contributed by atoms with Crippen LogP contribution in [0.15, 0.2) is 6.07 Å². The standard InChI is InChI=1S/C13H21Cl2N3S/c1-5-6-16-12-10(14)7-11(15)13(17-12)18(3)9(2)8-19-4/h7,9H,5-6,8H2,1-4H3,(H,16,17). The minimum atomic E-state index is 0.361. The molecule has 6 heteroatoms. The van der Waals surface area contributed by atoms with E-state index in [0.29, 0.717) is 21.9 Å². The fourth-order valence-electron chi connectivity index (χ4n) is 1.63. The molecule has 0 fully saturated rings. The highest BCUT2D eigenvalue weighted by atomic mass is 35.5. The molecule has 1 aromatic heterocycles. The van der Waals surface area contributed by atoms with Gasteiger partial charge >= 0.3 is 0 Å². The van der Waals surface area contributed by atoms with E-state index < -0.39 is 0 Å². The van der Waals surface area contributed by atoms with Crippen LogP contribution in [0.5, 0.6) is 0 Å². The van der Waals surface area contributed by atoms with Crippen LogP contribution in [0.4, 0.5) is 11.6 Å². The molecule has 0 saturated heterocycles. The molecule has 1 rings (SSSR count). The van der Waals surface area contributed by atoms with Crippen molar-refractivity contribution < 1.29 is 0 Å². The second-order valence-electron chi connectivity index (χ2n) is 4.47. The van der Waals surface area contributed by atoms with Crippen LogP contribution < -0.4 is 10.2 Å². The zero-order chi connectivity index (χ0) is 14.4. The molecule has 1 unspecified atom stereocenters. The minimum absolute atomic E-state index is 0.361. The first-order chi connectivity index (χ1) is 9.01. The van der Waals surface area contributed by atoms with Gasteiger partial charge in [0.15, 0.2) is 0 Å². The number of nitrogens with zero attached hydrogens (tertiary/aromatic N) is 2. The van der Waals surface area contributed by atoms with E-state index in [0.717, 1.165) is 24.5 Å². The van der Waals surface area contributed by atoms with E-state index in [-0.39, 0.29) is 0 Å². The largest absolute Gasteiger partial charge is 0.369 e. The Hall–Kier alpha value is -0.320. The lowest BCUT2D eigenvalue weighted by molar-refractivity contribution is 0.754. The summed E-state index contributed by atoms with van der Waals surface area (Å²) < 4.78 is 0. The Balaban J connectivity index is 2.99. The molecule has 19 heavy (non-hydrogen) atoms. The summed E-state index contributed by atoms with van der Waals surface area (Å²) >= 11 is 14.2. The number of anilines is 2. The van der Waals surface area contributed by atoms with Gasteiger partial charge in [-0.05, 0) is 25.7 Å². The molecule has 0 radical (unpaired) electrons. The first-order valence-corrected chi connectivity index (χ1v) is 8.47. The van der Waals surface area contributed by atoms with E-state index in [4.69, 9.17) is 23.2 Å². The van der Waals surface area contributed by atoms with E-state index >= 15 is 0 Å². The minimum Gasteiger partial charge on any atom is -0.369 e. The number of nitrogens with one attached hydrogen (secondary N) is 1. The fourth-order valence-corrected chi connectivity index (χ4v) is 2.90. The van der Waals surface area contributed by atoms with Gasteiger partial charge in [-0.15, -0.1) is 0 Å². The summed E-state index contributed by atoms with van der Waals surface area (Å²) in [6.45, 7) is 5.10. The predicted molar refractivity (Wildman–Crippen MR) is 89.3 cm³/mol. The van der Waals surface area contributed by atoms with Crippen molar-refractivity contribution in [1.82, 2.24) is 4.98 Å². The van der Waals surface area contributed by atoms with Crippen molar-refractivity contribution in [1.29, 1.82) is 0 Å². The predicted octanol–water partition coefficient (Wildman–Crippen LogP) is 4.40. The SMILES string of the molecule is CCCNc1nc(N(C)C(C)CSC)c(Cl)cc1Cl. The van der Waals surface area contributed by atoms with Crippen LogP contribution in [0.25, 0.3) is 0 Å². The molecule has 0 spiro atoms. The molecule has 1 aromatic rings. The molecule has 0 aliphatic rings. The average Bonchev–Trinajstić information content (AvgIpc) is 2.37. The molecular formula is C13H21Cl2N3S. The third kappa shape index (κ3) is 4.62. The van der Waals surface area contributed by atoms with Crippen LogP contribution in [-0.4, -0.2) is 36.6 Å². The summed E-state index contributed by atoms with van der Waals surface area (Å²) in [5.74, 6) is 2.49. The van der Waals surface area contributed by atoms with Crippen molar-refractivity contribution in [3.8, 4) is 0 Å². The zero-order valence-corrected chi connectivity index (χ0v) is 14.2. The molecule has 0 bridgehead atoms. The third-order valence-corrected chi connectivity index (χ3v) is 4.24. The van der Waals surface area contributed by atoms with Crippen molar-refractivity contribution in [3.63, 3.8) is 0 Å². The van der Waals surface area contributed by atoms with Gasteiger partial charge in [0.2, 0.25) is 0 Å². The molecule has 0 amide bonds. The second-order valence-corrected chi connectivity index (χ2v) is 6.19. The molecule has 0 aromatic carbocycles. The van der Waals surface area contributed by atoms with Crippen LogP contribution >= 0.6 is 35.0 Å². The fraction of sp³-hybridized carbons (Fsp3) is 0.615. The average molecular weight is 322 g/mol. The highest BCUT2D eigenvalue weighted by Crippen LogP contribution is 2.32. The number of halogens is 2. The van der Waals surface area contributed by atoms with Crippen LogP contribution in [0.3, 0.4) is 0 Å². The van der Waals surface area contributed by atoms with Crippen molar-refractivity contribution in [2.24, 2.45) is 0 Å². The van der Waals surface area contributed by atoms with E-state index in [9.17, 15) is 0 Å². The summed E-state index contributed by atoms with van der Waals surface area (Å²) in [4.78, 5) is 6.64. The van der Waals surface area contributed by atoms with Crippen molar-refractivity contribution in [2.75, 3.05) is 35.8 Å². The maximum Gasteiger partial charge on any atom is 0.149 e. The van der Waals surface area contributed by atoms with Crippen LogP contribution in [0.2, 0.25) is 10.0 Å². The molecular weight excluding hydrogens is 301 g/mol. The van der Waals surface area contributed by atoms with Crippen molar-refractivity contribution in [3.05, 3.63) is 16.1 Å². The van der Waals surface area contributed by atoms with Crippen LogP contribution in [0.1, 0.15) is 20.3 Å². The Morgan fingerprint density at radius 3 is 2.68 bits per heavy atom. The smallest absolute Gasteiger partial charge is 0.149 e. The zero-order valence-electron chi connectivity index (χ0n) is 11.8. The van der Waals surface area contributed by atoms with Gasteiger partial charge in [0, 0.05) is 25.4 Å². The van der Waals surface area contributed by atoms with Crippen LogP contribution in [0, 0.1) is 0 Å². The number of aromatic nitrogens is 1. The van der Waals surface area contributed by atoms with Gasteiger partial charge < -0.3 is 10.2 Å². The Labute approximate surface area is 130 Å². The molecule has 1 atom stereocenters. The normalized spacial score (nSPS) is 12.3. The van der Waals surface area contributed by atoms with E-state index in [1.54, 1.807) is 17.8 Å². The first kappa shape index (κ1) is 16.7. The topological polar surface area (TPSA) is 28.2 Å². The number of hydrogen-bond acceptors (Lipinski definition) is 4. The Kier molecular flexibility index (Phi) is 7.11. The second kappa shape index (κ2) is 8.08. The number of rotatable bonds is 7. The van der Waals surface area contributed by atoms with Crippen molar-refractivity contribution in [2.45, 2.75) is 26.3 Å². The van der Waals surface area contributed by atoms with Gasteiger partial charge in [-0.3, -0.25) is 0 Å². The van der Waals surface area contributed by atoms with Gasteiger partial charge in [0.1, 0.15) is 11.6 Å². The third-order valence-electron chi connectivity index (χ3n) is 2.86. The monoisotopic (exact) mass is 321 g/mol. The Morgan fingerprint density at radius 2 is 2.11 bits per heavy atom. The van der Waals surface area contributed by atoms with Gasteiger partial charge in [-0.25, -0.2) is 4.98 Å². The number of thioether (sulfide) groups is 1. The van der Waals surface area contributed by atoms with Gasteiger partial charge in [-0.2, -0.15) is 11.8 Å². The maximum atomic E-state index is 6.25. The maximum absolute atomic E-state index is 6.25. The van der Waals surface area contributed by atoms with Crippen molar-refractivity contribution >= 4 is 46.6 Å². The molecule has 0 saturated carbocycles. The van der Waals surface area contributed by atoms with E-state index in [1.807, 2.05) is 7.05 Å². The number of pyridine rings is 1. The van der Waals surface area contributed by atoms with E-state index in [1.165, 1.54) is 0 Å². The first-order valence-electron chi connectivity index (χ1n) is 6.32. The van der Waals surface area contributed by atoms with Gasteiger partial charge in [0.25, 0.3) is 0 Å². The van der Waals surface area contributed by atoms with E-state index in [2.05, 4.69) is 35.3 Å². The quantitative estimate of drug-likeness (QED) is 0.805. The molecule has 3 nitrogen and oxygen atoms in total. The molecule has 108 valence electrons. The summed E-state index contributed by atoms with van der Waals surface area (Å²) in [5, 5.41) is 4.37. The highest BCUT2D eigenvalue weighted by molar-refractivity contribution is 7.98. The summed E-state index contributed by atoms with van der Waals surface area (Å²) in [6.07, 6.45) is 3.12. The molecule has 1 heterocycles. The summed E-state index contributed by atoms with van der Waals surface area (Å²) in [5.41, 5.74) is 0. The van der Waals surface area contributed by atoms with Crippen LogP contribution in [-0.2, 0) is 0 Å². The lowest BCUT2D eigenvalue weighted by Gasteiger charge is -2.27. The lowest BCUT2D eigenvalue weighted by atomic mass is 10.3. The highest BCUT2D eigenvalue weighted by Gasteiger charge is 2.16. The van der Waals surface area contributed by atoms with Gasteiger partial charge in [0.05, 0.1) is 10.0 Å². The summed E-state index contributed by atoms with van der Waals surface area (Å²) in [7, 11) is 2.01. The number of hydrogen-bond donors (Lipinski definition) is 1. The Bertz CT molecular complexity index is 415. The lowest BCUT2D eigenvalue weighted by Crippen LogP contribution is -2.32. The molecule has 0 aliphatic carbocycles. The molecule has 1 N–H and O–H groups in total. The molecule has 0 aliphatic heterocycles. The van der Waals surface area contributed by atoms with Gasteiger partial charge in [-0.1, -0.05) is 30.1 Å².